The van der Waals surface area contributed by atoms with Crippen molar-refractivity contribution >= 4 is 23.2 Å². The van der Waals surface area contributed by atoms with E-state index in [2.05, 4.69) is 0 Å². The van der Waals surface area contributed by atoms with Gasteiger partial charge in [-0.2, -0.15) is 0 Å². The zero-order valence-corrected chi connectivity index (χ0v) is 8.76. The van der Waals surface area contributed by atoms with Crippen molar-refractivity contribution < 1.29 is 4.74 Å². The molecule has 0 amide bonds. The van der Waals surface area contributed by atoms with Crippen LogP contribution in [-0.2, 0) is 11.3 Å². The maximum absolute atomic E-state index is 5.77. The molecule has 1 aromatic carbocycles. The summed E-state index contributed by atoms with van der Waals surface area (Å²) in [5.74, 6) is 0.427. The van der Waals surface area contributed by atoms with Gasteiger partial charge < -0.3 is 4.74 Å². The largest absolute Gasteiger partial charge is 0.375 e. The standard InChI is InChI=1S/C10H12Cl2O/c11-6-10(12)8-13-7-9-4-2-1-3-5-9/h1-5,10H,6-8H2/t10-/m1/s1. The van der Waals surface area contributed by atoms with E-state index in [0.29, 0.717) is 19.1 Å². The molecule has 1 rings (SSSR count). The molecule has 0 aromatic heterocycles. The topological polar surface area (TPSA) is 9.23 Å². The molecule has 0 unspecified atom stereocenters. The minimum absolute atomic E-state index is 0.0922. The molecule has 0 fully saturated rings. The van der Waals surface area contributed by atoms with Crippen molar-refractivity contribution in [3.63, 3.8) is 0 Å². The molecule has 13 heavy (non-hydrogen) atoms. The first-order valence-corrected chi connectivity index (χ1v) is 5.11. The van der Waals surface area contributed by atoms with E-state index in [1.807, 2.05) is 30.3 Å². The lowest BCUT2D eigenvalue weighted by atomic mass is 10.2. The molecule has 0 saturated heterocycles. The second kappa shape index (κ2) is 6.25. The van der Waals surface area contributed by atoms with Gasteiger partial charge in [0.2, 0.25) is 0 Å². The first-order valence-electron chi connectivity index (χ1n) is 4.14. The summed E-state index contributed by atoms with van der Waals surface area (Å²) >= 11 is 11.3. The fourth-order valence-electron chi connectivity index (χ4n) is 0.923. The number of benzene rings is 1. The van der Waals surface area contributed by atoms with E-state index in [4.69, 9.17) is 27.9 Å². The zero-order valence-electron chi connectivity index (χ0n) is 7.25. The predicted molar refractivity (Wildman–Crippen MR) is 56.5 cm³/mol. The summed E-state index contributed by atoms with van der Waals surface area (Å²) in [6, 6.07) is 9.98. The lowest BCUT2D eigenvalue weighted by Crippen LogP contribution is -2.10. The van der Waals surface area contributed by atoms with Gasteiger partial charge in [-0.1, -0.05) is 30.3 Å². The van der Waals surface area contributed by atoms with Crippen LogP contribution in [-0.4, -0.2) is 17.9 Å². The van der Waals surface area contributed by atoms with Crippen molar-refractivity contribution in [3.8, 4) is 0 Å². The Morgan fingerprint density at radius 1 is 1.23 bits per heavy atom. The molecule has 0 aliphatic heterocycles. The van der Waals surface area contributed by atoms with E-state index >= 15 is 0 Å². The van der Waals surface area contributed by atoms with Crippen LogP contribution >= 0.6 is 23.2 Å². The Balaban J connectivity index is 2.20. The smallest absolute Gasteiger partial charge is 0.0717 e. The monoisotopic (exact) mass is 218 g/mol. The predicted octanol–water partition coefficient (Wildman–Crippen LogP) is 3.05. The molecule has 0 N–H and O–H groups in total. The number of halogens is 2. The van der Waals surface area contributed by atoms with Crippen LogP contribution in [0.5, 0.6) is 0 Å². The normalized spacial score (nSPS) is 12.8. The summed E-state index contributed by atoms with van der Waals surface area (Å²) < 4.78 is 5.36. The molecule has 0 radical (unpaired) electrons. The lowest BCUT2D eigenvalue weighted by molar-refractivity contribution is 0.124. The molecular weight excluding hydrogens is 207 g/mol. The summed E-state index contributed by atoms with van der Waals surface area (Å²) in [7, 11) is 0. The van der Waals surface area contributed by atoms with Gasteiger partial charge in [0.15, 0.2) is 0 Å². The van der Waals surface area contributed by atoms with Gasteiger partial charge in [0.1, 0.15) is 0 Å². The maximum Gasteiger partial charge on any atom is 0.0717 e. The van der Waals surface area contributed by atoms with Crippen LogP contribution in [0.4, 0.5) is 0 Å². The van der Waals surface area contributed by atoms with Gasteiger partial charge in [-0.25, -0.2) is 0 Å². The first kappa shape index (κ1) is 10.8. The average Bonchev–Trinajstić information content (AvgIpc) is 2.19. The van der Waals surface area contributed by atoms with Gasteiger partial charge in [-0.05, 0) is 5.56 Å². The number of alkyl halides is 2. The first-order chi connectivity index (χ1) is 6.33. The van der Waals surface area contributed by atoms with Crippen LogP contribution in [0.25, 0.3) is 0 Å². The Kier molecular flexibility index (Phi) is 5.21. The molecule has 0 bridgehead atoms. The Morgan fingerprint density at radius 3 is 2.54 bits per heavy atom. The van der Waals surface area contributed by atoms with E-state index in [1.165, 1.54) is 0 Å². The molecule has 1 nitrogen and oxygen atoms in total. The van der Waals surface area contributed by atoms with Crippen molar-refractivity contribution in [2.75, 3.05) is 12.5 Å². The highest BCUT2D eigenvalue weighted by Gasteiger charge is 2.01. The molecule has 0 saturated carbocycles. The average molecular weight is 219 g/mol. The summed E-state index contributed by atoms with van der Waals surface area (Å²) in [4.78, 5) is 0. The van der Waals surface area contributed by atoms with Crippen LogP contribution in [0.15, 0.2) is 30.3 Å². The third-order valence-corrected chi connectivity index (χ3v) is 2.39. The van der Waals surface area contributed by atoms with Gasteiger partial charge in [0, 0.05) is 5.88 Å². The summed E-state index contributed by atoms with van der Waals surface area (Å²) in [5.41, 5.74) is 1.15. The second-order valence-corrected chi connectivity index (χ2v) is 3.68. The lowest BCUT2D eigenvalue weighted by Gasteiger charge is -2.06. The Morgan fingerprint density at radius 2 is 1.92 bits per heavy atom. The summed E-state index contributed by atoms with van der Waals surface area (Å²) in [6.45, 7) is 1.10. The molecule has 1 aromatic rings. The number of rotatable bonds is 5. The van der Waals surface area contributed by atoms with Gasteiger partial charge in [-0.3, -0.25) is 0 Å². The van der Waals surface area contributed by atoms with Crippen molar-refractivity contribution in [1.29, 1.82) is 0 Å². The van der Waals surface area contributed by atoms with Crippen molar-refractivity contribution in [3.05, 3.63) is 35.9 Å². The Bertz CT molecular complexity index is 226. The molecule has 0 aliphatic carbocycles. The van der Waals surface area contributed by atoms with Crippen LogP contribution in [0, 0.1) is 0 Å². The maximum atomic E-state index is 5.77. The molecule has 1 atom stereocenters. The van der Waals surface area contributed by atoms with Gasteiger partial charge in [-0.15, -0.1) is 23.2 Å². The highest BCUT2D eigenvalue weighted by molar-refractivity contribution is 6.28. The van der Waals surface area contributed by atoms with Gasteiger partial charge in [0.05, 0.1) is 18.6 Å². The molecular formula is C10H12Cl2O. The minimum Gasteiger partial charge on any atom is -0.375 e. The van der Waals surface area contributed by atoms with Crippen molar-refractivity contribution in [1.82, 2.24) is 0 Å². The molecule has 3 heteroatoms. The Hall–Kier alpha value is -0.240. The number of ether oxygens (including phenoxy) is 1. The van der Waals surface area contributed by atoms with Gasteiger partial charge >= 0.3 is 0 Å². The molecule has 0 heterocycles. The van der Waals surface area contributed by atoms with E-state index < -0.39 is 0 Å². The van der Waals surface area contributed by atoms with Gasteiger partial charge in [0.25, 0.3) is 0 Å². The molecule has 0 aliphatic rings. The SMILES string of the molecule is ClC[C@@H](Cl)COCc1ccccc1. The van der Waals surface area contributed by atoms with E-state index in [1.54, 1.807) is 0 Å². The highest BCUT2D eigenvalue weighted by Crippen LogP contribution is 2.04. The zero-order chi connectivity index (χ0) is 9.52. The van der Waals surface area contributed by atoms with Crippen LogP contribution in [0.3, 0.4) is 0 Å². The van der Waals surface area contributed by atoms with E-state index in [-0.39, 0.29) is 5.38 Å². The second-order valence-electron chi connectivity index (χ2n) is 2.75. The van der Waals surface area contributed by atoms with Crippen LogP contribution in [0.2, 0.25) is 0 Å². The van der Waals surface area contributed by atoms with Crippen molar-refractivity contribution in [2.24, 2.45) is 0 Å². The fourth-order valence-corrected chi connectivity index (χ4v) is 1.10. The Labute approximate surface area is 88.6 Å². The number of hydrogen-bond acceptors (Lipinski definition) is 1. The molecule has 0 spiro atoms. The van der Waals surface area contributed by atoms with Crippen molar-refractivity contribution in [2.45, 2.75) is 12.0 Å². The van der Waals surface area contributed by atoms with Crippen LogP contribution in [0.1, 0.15) is 5.56 Å². The third-order valence-electron chi connectivity index (χ3n) is 1.58. The van der Waals surface area contributed by atoms with E-state index in [0.717, 1.165) is 5.56 Å². The third kappa shape index (κ3) is 4.51. The van der Waals surface area contributed by atoms with E-state index in [9.17, 15) is 0 Å². The quantitative estimate of drug-likeness (QED) is 0.691. The fraction of sp³-hybridized carbons (Fsp3) is 0.400. The highest BCUT2D eigenvalue weighted by atomic mass is 35.5. The number of hydrogen-bond donors (Lipinski definition) is 0. The summed E-state index contributed by atoms with van der Waals surface area (Å²) in [6.07, 6.45) is 0. The summed E-state index contributed by atoms with van der Waals surface area (Å²) in [5, 5.41) is -0.0922. The molecule has 72 valence electrons. The van der Waals surface area contributed by atoms with Crippen LogP contribution < -0.4 is 0 Å². The minimum atomic E-state index is -0.0922.